The monoisotopic (exact) mass is 356 g/mol. The van der Waals surface area contributed by atoms with Crippen LogP contribution in [0.2, 0.25) is 0 Å². The van der Waals surface area contributed by atoms with E-state index in [1.807, 2.05) is 36.4 Å². The van der Waals surface area contributed by atoms with E-state index in [4.69, 9.17) is 0 Å². The topological polar surface area (TPSA) is 32.3 Å². The van der Waals surface area contributed by atoms with Crippen LogP contribution in [0.25, 0.3) is 0 Å². The van der Waals surface area contributed by atoms with Gasteiger partial charge in [-0.15, -0.1) is 0 Å². The molecule has 4 rings (SSSR count). The lowest BCUT2D eigenvalue weighted by atomic mass is 10.1. The van der Waals surface area contributed by atoms with Crippen molar-refractivity contribution < 1.29 is 4.79 Å². The number of carbonyl (C=O) groups excluding carboxylic acids is 1. The highest BCUT2D eigenvalue weighted by atomic mass is 16.1. The molecule has 0 radical (unpaired) electrons. The molecule has 3 aromatic carbocycles. The Hall–Kier alpha value is -3.07. The van der Waals surface area contributed by atoms with E-state index in [1.54, 1.807) is 0 Å². The van der Waals surface area contributed by atoms with Gasteiger partial charge in [0.1, 0.15) is 0 Å². The Kier molecular flexibility index (Phi) is 4.93. The van der Waals surface area contributed by atoms with E-state index in [1.165, 1.54) is 16.8 Å². The summed E-state index contributed by atoms with van der Waals surface area (Å²) >= 11 is 0. The van der Waals surface area contributed by atoms with Gasteiger partial charge in [-0.3, -0.25) is 4.79 Å². The molecule has 136 valence electrons. The van der Waals surface area contributed by atoms with Gasteiger partial charge in [0.25, 0.3) is 5.91 Å². The zero-order chi connectivity index (χ0) is 18.6. The number of nitrogens with one attached hydrogen (secondary N) is 1. The number of fused-ring (bicyclic) bond motifs is 1. The van der Waals surface area contributed by atoms with Gasteiger partial charge in [0.2, 0.25) is 0 Å². The predicted molar refractivity (Wildman–Crippen MR) is 111 cm³/mol. The second-order valence-corrected chi connectivity index (χ2v) is 6.96. The number of benzene rings is 3. The summed E-state index contributed by atoms with van der Waals surface area (Å²) in [4.78, 5) is 15.0. The molecular weight excluding hydrogens is 332 g/mol. The average Bonchev–Trinajstić information content (AvgIpc) is 3.12. The first-order chi connectivity index (χ1) is 13.2. The zero-order valence-corrected chi connectivity index (χ0v) is 15.6. The van der Waals surface area contributed by atoms with E-state index < -0.39 is 0 Å². The number of carbonyl (C=O) groups is 1. The molecule has 1 aliphatic heterocycles. The maximum absolute atomic E-state index is 12.6. The minimum atomic E-state index is -0.0611. The van der Waals surface area contributed by atoms with Crippen LogP contribution in [0.15, 0.2) is 72.8 Å². The van der Waals surface area contributed by atoms with Crippen molar-refractivity contribution in [1.82, 2.24) is 0 Å². The molecule has 1 amide bonds. The molecular formula is C24H24N2O. The number of hydrogen-bond acceptors (Lipinski definition) is 2. The highest BCUT2D eigenvalue weighted by molar-refractivity contribution is 6.04. The lowest BCUT2D eigenvalue weighted by Crippen LogP contribution is -2.19. The largest absolute Gasteiger partial charge is 0.367 e. The molecule has 0 aromatic heterocycles. The molecule has 0 saturated carbocycles. The van der Waals surface area contributed by atoms with Gasteiger partial charge in [-0.05, 0) is 53.8 Å². The van der Waals surface area contributed by atoms with Gasteiger partial charge in [0, 0.05) is 30.0 Å². The summed E-state index contributed by atoms with van der Waals surface area (Å²) in [6.07, 6.45) is 2.00. The Balaban J connectivity index is 1.44. The second-order valence-electron chi connectivity index (χ2n) is 6.96. The van der Waals surface area contributed by atoms with E-state index in [9.17, 15) is 4.79 Å². The van der Waals surface area contributed by atoms with Gasteiger partial charge < -0.3 is 10.2 Å². The maximum Gasteiger partial charge on any atom is 0.255 e. The van der Waals surface area contributed by atoms with Crippen LogP contribution in [0.3, 0.4) is 0 Å². The van der Waals surface area contributed by atoms with Crippen LogP contribution in [0, 0.1) is 0 Å². The molecule has 0 bridgehead atoms. The standard InChI is InChI=1S/C24H24N2O/c1-2-19-7-3-5-9-22(19)25-24(27)21-13-11-18(12-14-21)17-26-16-15-20-8-4-6-10-23(20)26/h3-14H,2,15-17H2,1H3,(H,25,27). The third kappa shape index (κ3) is 3.72. The number of anilines is 2. The van der Waals surface area contributed by atoms with E-state index in [-0.39, 0.29) is 5.91 Å². The summed E-state index contributed by atoms with van der Waals surface area (Å²) in [6.45, 7) is 4.02. The van der Waals surface area contributed by atoms with Crippen LogP contribution in [0.1, 0.15) is 34.0 Å². The van der Waals surface area contributed by atoms with Crippen molar-refractivity contribution in [3.05, 3.63) is 95.1 Å². The molecule has 0 unspecified atom stereocenters. The fourth-order valence-electron chi connectivity index (χ4n) is 3.70. The highest BCUT2D eigenvalue weighted by Gasteiger charge is 2.18. The molecule has 1 heterocycles. The van der Waals surface area contributed by atoms with Crippen LogP contribution in [0.5, 0.6) is 0 Å². The fourth-order valence-corrected chi connectivity index (χ4v) is 3.70. The van der Waals surface area contributed by atoms with Crippen LogP contribution < -0.4 is 10.2 Å². The van der Waals surface area contributed by atoms with Crippen LogP contribution in [0.4, 0.5) is 11.4 Å². The number of rotatable bonds is 5. The first-order valence-corrected chi connectivity index (χ1v) is 9.55. The number of hydrogen-bond donors (Lipinski definition) is 1. The SMILES string of the molecule is CCc1ccccc1NC(=O)c1ccc(CN2CCc3ccccc32)cc1. The molecule has 27 heavy (non-hydrogen) atoms. The van der Waals surface area contributed by atoms with Crippen LogP contribution in [-0.2, 0) is 19.4 Å². The molecule has 0 saturated heterocycles. The Bertz CT molecular complexity index is 947. The van der Waals surface area contributed by atoms with Crippen molar-refractivity contribution in [1.29, 1.82) is 0 Å². The lowest BCUT2D eigenvalue weighted by Gasteiger charge is -2.19. The number of amides is 1. The molecule has 0 spiro atoms. The number of aryl methyl sites for hydroxylation is 1. The van der Waals surface area contributed by atoms with Crippen molar-refractivity contribution >= 4 is 17.3 Å². The first kappa shape index (κ1) is 17.3. The first-order valence-electron chi connectivity index (χ1n) is 9.55. The number of nitrogens with zero attached hydrogens (tertiary/aromatic N) is 1. The fraction of sp³-hybridized carbons (Fsp3) is 0.208. The smallest absolute Gasteiger partial charge is 0.255 e. The summed E-state index contributed by atoms with van der Waals surface area (Å²) < 4.78 is 0. The van der Waals surface area contributed by atoms with Gasteiger partial charge in [0.05, 0.1) is 0 Å². The Labute approximate surface area is 160 Å². The van der Waals surface area contributed by atoms with E-state index in [2.05, 4.69) is 53.5 Å². The summed E-state index contributed by atoms with van der Waals surface area (Å²) in [7, 11) is 0. The Morgan fingerprint density at radius 2 is 1.70 bits per heavy atom. The summed E-state index contributed by atoms with van der Waals surface area (Å²) in [5, 5.41) is 3.03. The van der Waals surface area contributed by atoms with Gasteiger partial charge in [0.15, 0.2) is 0 Å². The second kappa shape index (κ2) is 7.67. The average molecular weight is 356 g/mol. The molecule has 0 atom stereocenters. The lowest BCUT2D eigenvalue weighted by molar-refractivity contribution is 0.102. The number of para-hydroxylation sites is 2. The predicted octanol–water partition coefficient (Wildman–Crippen LogP) is 5.06. The van der Waals surface area contributed by atoms with Gasteiger partial charge in [-0.2, -0.15) is 0 Å². The molecule has 0 aliphatic carbocycles. The Morgan fingerprint density at radius 1 is 0.963 bits per heavy atom. The molecule has 3 nitrogen and oxygen atoms in total. The molecule has 3 heteroatoms. The molecule has 1 N–H and O–H groups in total. The normalized spacial score (nSPS) is 12.7. The van der Waals surface area contributed by atoms with Crippen molar-refractivity contribution in [3.63, 3.8) is 0 Å². The third-order valence-corrected chi connectivity index (χ3v) is 5.22. The van der Waals surface area contributed by atoms with Crippen LogP contribution >= 0.6 is 0 Å². The van der Waals surface area contributed by atoms with Crippen molar-refractivity contribution in [2.45, 2.75) is 26.3 Å². The van der Waals surface area contributed by atoms with Crippen LogP contribution in [-0.4, -0.2) is 12.5 Å². The maximum atomic E-state index is 12.6. The van der Waals surface area contributed by atoms with E-state index >= 15 is 0 Å². The minimum absolute atomic E-state index is 0.0611. The molecule has 1 aliphatic rings. The molecule has 0 fully saturated rings. The summed E-state index contributed by atoms with van der Waals surface area (Å²) in [6, 6.07) is 24.5. The summed E-state index contributed by atoms with van der Waals surface area (Å²) in [5.74, 6) is -0.0611. The van der Waals surface area contributed by atoms with Crippen molar-refractivity contribution in [2.24, 2.45) is 0 Å². The third-order valence-electron chi connectivity index (χ3n) is 5.22. The van der Waals surface area contributed by atoms with Gasteiger partial charge >= 0.3 is 0 Å². The minimum Gasteiger partial charge on any atom is -0.367 e. The van der Waals surface area contributed by atoms with E-state index in [0.29, 0.717) is 5.56 Å². The van der Waals surface area contributed by atoms with Crippen molar-refractivity contribution in [3.8, 4) is 0 Å². The van der Waals surface area contributed by atoms with Gasteiger partial charge in [-0.25, -0.2) is 0 Å². The molecule has 3 aromatic rings. The highest BCUT2D eigenvalue weighted by Crippen LogP contribution is 2.28. The van der Waals surface area contributed by atoms with Crippen molar-refractivity contribution in [2.75, 3.05) is 16.8 Å². The van der Waals surface area contributed by atoms with Gasteiger partial charge in [-0.1, -0.05) is 55.5 Å². The quantitative estimate of drug-likeness (QED) is 0.693. The summed E-state index contributed by atoms with van der Waals surface area (Å²) in [5.41, 5.74) is 6.69. The zero-order valence-electron chi connectivity index (χ0n) is 15.6. The van der Waals surface area contributed by atoms with E-state index in [0.717, 1.165) is 37.2 Å². The Morgan fingerprint density at radius 3 is 2.52 bits per heavy atom.